The van der Waals surface area contributed by atoms with Crippen molar-refractivity contribution in [1.29, 1.82) is 0 Å². The number of carbonyl (C=O) groups excluding carboxylic acids is 2. The Kier molecular flexibility index (Phi) is 4.64. The van der Waals surface area contributed by atoms with E-state index in [0.29, 0.717) is 24.3 Å². The maximum atomic E-state index is 12.6. The molecule has 0 unspecified atom stereocenters. The number of pyridine rings is 1. The summed E-state index contributed by atoms with van der Waals surface area (Å²) in [7, 11) is 0. The molecule has 2 aromatic heterocycles. The third-order valence-corrected chi connectivity index (χ3v) is 4.42. The number of amides is 2. The summed E-state index contributed by atoms with van der Waals surface area (Å²) in [6.45, 7) is 5.19. The van der Waals surface area contributed by atoms with Crippen molar-refractivity contribution in [3.8, 4) is 0 Å². The Labute approximate surface area is 141 Å². The molecule has 126 valence electrons. The number of piperidine rings is 1. The topological polar surface area (TPSA) is 78.1 Å². The summed E-state index contributed by atoms with van der Waals surface area (Å²) in [6.07, 6.45) is 4.75. The summed E-state index contributed by atoms with van der Waals surface area (Å²) in [6, 6.07) is 5.48. The summed E-state index contributed by atoms with van der Waals surface area (Å²) in [5.74, 6) is -0.0440. The van der Waals surface area contributed by atoms with Gasteiger partial charge >= 0.3 is 0 Å². The van der Waals surface area contributed by atoms with Gasteiger partial charge < -0.3 is 15.2 Å². The van der Waals surface area contributed by atoms with Crippen LogP contribution in [-0.4, -0.2) is 45.8 Å². The van der Waals surface area contributed by atoms with Crippen LogP contribution < -0.4 is 5.32 Å². The van der Waals surface area contributed by atoms with E-state index in [9.17, 15) is 9.59 Å². The molecule has 0 radical (unpaired) electrons. The number of aryl methyl sites for hydroxylation is 2. The molecule has 0 aliphatic carbocycles. The molecule has 3 rings (SSSR count). The van der Waals surface area contributed by atoms with Crippen molar-refractivity contribution >= 4 is 11.8 Å². The highest BCUT2D eigenvalue weighted by Gasteiger charge is 2.26. The van der Waals surface area contributed by atoms with Gasteiger partial charge in [-0.15, -0.1) is 0 Å². The maximum Gasteiger partial charge on any atom is 0.270 e. The smallest absolute Gasteiger partial charge is 0.270 e. The highest BCUT2D eigenvalue weighted by atomic mass is 16.2. The zero-order chi connectivity index (χ0) is 17.1. The van der Waals surface area contributed by atoms with Gasteiger partial charge in [-0.2, -0.15) is 0 Å². The molecule has 1 aliphatic rings. The SMILES string of the molecule is Cc1cc(C)c(C(=O)N2CCC(NC(=O)c3ccncc3)CC2)[nH]1. The molecule has 1 aliphatic heterocycles. The van der Waals surface area contributed by atoms with Crippen molar-refractivity contribution in [2.75, 3.05) is 13.1 Å². The molecular formula is C18H22N4O2. The maximum absolute atomic E-state index is 12.6. The fraction of sp³-hybridized carbons (Fsp3) is 0.389. The molecule has 1 saturated heterocycles. The van der Waals surface area contributed by atoms with Crippen LogP contribution in [0.3, 0.4) is 0 Å². The van der Waals surface area contributed by atoms with E-state index < -0.39 is 0 Å². The molecular weight excluding hydrogens is 304 g/mol. The van der Waals surface area contributed by atoms with Crippen LogP contribution in [-0.2, 0) is 0 Å². The van der Waals surface area contributed by atoms with Crippen LogP contribution in [0.1, 0.15) is 44.9 Å². The molecule has 0 aromatic carbocycles. The highest BCUT2D eigenvalue weighted by molar-refractivity contribution is 5.95. The number of carbonyl (C=O) groups is 2. The average Bonchev–Trinajstić information content (AvgIpc) is 2.94. The molecule has 3 heterocycles. The monoisotopic (exact) mass is 326 g/mol. The van der Waals surface area contributed by atoms with Crippen molar-refractivity contribution in [3.05, 3.63) is 53.1 Å². The third-order valence-electron chi connectivity index (χ3n) is 4.42. The molecule has 2 N–H and O–H groups in total. The first-order valence-electron chi connectivity index (χ1n) is 8.21. The van der Waals surface area contributed by atoms with E-state index in [2.05, 4.69) is 15.3 Å². The molecule has 0 saturated carbocycles. The fourth-order valence-electron chi connectivity index (χ4n) is 3.11. The van der Waals surface area contributed by atoms with E-state index in [0.717, 1.165) is 24.1 Å². The first kappa shape index (κ1) is 16.2. The molecule has 0 atom stereocenters. The predicted molar refractivity (Wildman–Crippen MR) is 90.9 cm³/mol. The number of nitrogens with zero attached hydrogens (tertiary/aromatic N) is 2. The quantitative estimate of drug-likeness (QED) is 0.906. The van der Waals surface area contributed by atoms with Crippen LogP contribution in [0, 0.1) is 13.8 Å². The Bertz CT molecular complexity index is 731. The summed E-state index contributed by atoms with van der Waals surface area (Å²) >= 11 is 0. The Morgan fingerprint density at radius 2 is 1.88 bits per heavy atom. The van der Waals surface area contributed by atoms with Gasteiger partial charge in [0.25, 0.3) is 11.8 Å². The van der Waals surface area contributed by atoms with Crippen molar-refractivity contribution in [3.63, 3.8) is 0 Å². The first-order chi connectivity index (χ1) is 11.5. The van der Waals surface area contributed by atoms with E-state index in [1.54, 1.807) is 24.5 Å². The lowest BCUT2D eigenvalue weighted by Crippen LogP contribution is -2.46. The number of likely N-dealkylation sites (tertiary alicyclic amines) is 1. The average molecular weight is 326 g/mol. The number of H-pyrrole nitrogens is 1. The normalized spacial score (nSPS) is 15.3. The van der Waals surface area contributed by atoms with Crippen molar-refractivity contribution < 1.29 is 9.59 Å². The van der Waals surface area contributed by atoms with Crippen LogP contribution in [0.25, 0.3) is 0 Å². The van der Waals surface area contributed by atoms with Crippen LogP contribution >= 0.6 is 0 Å². The van der Waals surface area contributed by atoms with Crippen LogP contribution in [0.15, 0.2) is 30.6 Å². The van der Waals surface area contributed by atoms with Gasteiger partial charge in [0.1, 0.15) is 5.69 Å². The highest BCUT2D eigenvalue weighted by Crippen LogP contribution is 2.17. The Balaban J connectivity index is 1.55. The lowest BCUT2D eigenvalue weighted by molar-refractivity contribution is 0.0692. The van der Waals surface area contributed by atoms with Gasteiger partial charge in [-0.1, -0.05) is 0 Å². The number of hydrogen-bond donors (Lipinski definition) is 2. The summed E-state index contributed by atoms with van der Waals surface area (Å²) < 4.78 is 0. The van der Waals surface area contributed by atoms with Crippen molar-refractivity contribution in [2.24, 2.45) is 0 Å². The minimum Gasteiger partial charge on any atom is -0.354 e. The number of aromatic nitrogens is 2. The Morgan fingerprint density at radius 1 is 1.21 bits per heavy atom. The second kappa shape index (κ2) is 6.86. The van der Waals surface area contributed by atoms with Gasteiger partial charge in [0.15, 0.2) is 0 Å². The number of nitrogens with one attached hydrogen (secondary N) is 2. The van der Waals surface area contributed by atoms with E-state index >= 15 is 0 Å². The summed E-state index contributed by atoms with van der Waals surface area (Å²) in [5.41, 5.74) is 3.26. The van der Waals surface area contributed by atoms with Gasteiger partial charge in [0.05, 0.1) is 0 Å². The lowest BCUT2D eigenvalue weighted by Gasteiger charge is -2.32. The van der Waals surface area contributed by atoms with Gasteiger partial charge in [-0.3, -0.25) is 14.6 Å². The number of hydrogen-bond acceptors (Lipinski definition) is 3. The summed E-state index contributed by atoms with van der Waals surface area (Å²) in [5, 5.41) is 3.04. The zero-order valence-electron chi connectivity index (χ0n) is 14.0. The lowest BCUT2D eigenvalue weighted by atomic mass is 10.0. The standard InChI is InChI=1S/C18H22N4O2/c1-12-11-13(2)20-16(12)18(24)22-9-5-15(6-10-22)21-17(23)14-3-7-19-8-4-14/h3-4,7-8,11,15,20H,5-6,9-10H2,1-2H3,(H,21,23). The molecule has 0 spiro atoms. The summed E-state index contributed by atoms with van der Waals surface area (Å²) in [4.78, 5) is 33.7. The van der Waals surface area contributed by atoms with Crippen LogP contribution in [0.5, 0.6) is 0 Å². The Morgan fingerprint density at radius 3 is 2.46 bits per heavy atom. The fourth-order valence-corrected chi connectivity index (χ4v) is 3.11. The Hall–Kier alpha value is -2.63. The van der Waals surface area contributed by atoms with E-state index in [4.69, 9.17) is 0 Å². The van der Waals surface area contributed by atoms with E-state index in [1.165, 1.54) is 0 Å². The zero-order valence-corrected chi connectivity index (χ0v) is 14.0. The molecule has 6 nitrogen and oxygen atoms in total. The van der Waals surface area contributed by atoms with E-state index in [-0.39, 0.29) is 17.9 Å². The second-order valence-electron chi connectivity index (χ2n) is 6.29. The third kappa shape index (κ3) is 3.48. The first-order valence-corrected chi connectivity index (χ1v) is 8.21. The van der Waals surface area contributed by atoms with Crippen LogP contribution in [0.4, 0.5) is 0 Å². The minimum absolute atomic E-state index is 0.0412. The molecule has 24 heavy (non-hydrogen) atoms. The molecule has 2 aromatic rings. The minimum atomic E-state index is -0.0852. The van der Waals surface area contributed by atoms with E-state index in [1.807, 2.05) is 24.8 Å². The van der Waals surface area contributed by atoms with Gasteiger partial charge in [-0.05, 0) is 50.5 Å². The molecule has 2 amide bonds. The van der Waals surface area contributed by atoms with Crippen LogP contribution in [0.2, 0.25) is 0 Å². The second-order valence-corrected chi connectivity index (χ2v) is 6.29. The largest absolute Gasteiger partial charge is 0.354 e. The number of aromatic amines is 1. The van der Waals surface area contributed by atoms with Gasteiger partial charge in [0.2, 0.25) is 0 Å². The van der Waals surface area contributed by atoms with Gasteiger partial charge in [-0.25, -0.2) is 0 Å². The molecule has 1 fully saturated rings. The predicted octanol–water partition coefficient (Wildman–Crippen LogP) is 2.06. The van der Waals surface area contributed by atoms with Crippen molar-refractivity contribution in [2.45, 2.75) is 32.7 Å². The molecule has 6 heteroatoms. The molecule has 0 bridgehead atoms. The number of rotatable bonds is 3. The van der Waals surface area contributed by atoms with Gasteiger partial charge in [0, 0.05) is 42.8 Å². The van der Waals surface area contributed by atoms with Crippen molar-refractivity contribution in [1.82, 2.24) is 20.2 Å².